The molecule has 5 rings (SSSR count). The number of piperidine rings is 3. The number of para-hydroxylation sites is 1. The van der Waals surface area contributed by atoms with Crippen molar-refractivity contribution in [2.75, 3.05) is 13.1 Å². The molecule has 0 spiro atoms. The number of benzene rings is 1. The van der Waals surface area contributed by atoms with Crippen LogP contribution in [-0.4, -0.2) is 29.0 Å². The minimum absolute atomic E-state index is 0. The second-order valence-electron chi connectivity index (χ2n) is 6.57. The largest absolute Gasteiger partial charge is 0.297 e. The van der Waals surface area contributed by atoms with Gasteiger partial charge in [0.1, 0.15) is 6.17 Å². The zero-order chi connectivity index (χ0) is 15.1. The highest BCUT2D eigenvalue weighted by atomic mass is 35.5. The summed E-state index contributed by atoms with van der Waals surface area (Å²) in [5, 5.41) is 0.945. The number of hydrogen-bond donors (Lipinski definition) is 0. The third-order valence-corrected chi connectivity index (χ3v) is 5.47. The van der Waals surface area contributed by atoms with Gasteiger partial charge in [0.25, 0.3) is 0 Å². The summed E-state index contributed by atoms with van der Waals surface area (Å²) in [4.78, 5) is 6.67. The molecule has 130 valence electrons. The molecule has 2 bridgehead atoms. The summed E-state index contributed by atoms with van der Waals surface area (Å²) in [5.41, 5.74) is 1.67. The van der Waals surface area contributed by atoms with E-state index in [2.05, 4.69) is 22.5 Å². The molecular formula is C19H23Cl2FN2. The molecule has 5 heteroatoms. The average molecular weight is 369 g/mol. The summed E-state index contributed by atoms with van der Waals surface area (Å²) in [5.74, 6) is 1.13. The lowest BCUT2D eigenvalue weighted by Gasteiger charge is -2.50. The molecule has 0 radical (unpaired) electrons. The quantitative estimate of drug-likeness (QED) is 0.709. The zero-order valence-electron chi connectivity index (χ0n) is 13.5. The molecule has 1 aromatic carbocycles. The van der Waals surface area contributed by atoms with Crippen LogP contribution in [-0.2, 0) is 0 Å². The third kappa shape index (κ3) is 3.17. The van der Waals surface area contributed by atoms with Crippen LogP contribution in [0.25, 0.3) is 10.9 Å². The van der Waals surface area contributed by atoms with Gasteiger partial charge in [-0.3, -0.25) is 9.88 Å². The number of hydrogen-bond acceptors (Lipinski definition) is 2. The fraction of sp³-hybridized carbons (Fsp3) is 0.421. The van der Waals surface area contributed by atoms with E-state index < -0.39 is 6.17 Å². The SMILES string of the molecule is C=C[C@H]1CN2CC[C@H]1C[C@H]2[C@H](F)c1ccnc2ccccc12.Cl.Cl. The molecule has 3 aliphatic rings. The van der Waals surface area contributed by atoms with Crippen molar-refractivity contribution < 1.29 is 4.39 Å². The molecule has 0 saturated carbocycles. The van der Waals surface area contributed by atoms with E-state index in [1.807, 2.05) is 30.3 Å². The first kappa shape index (κ1) is 19.2. The molecule has 0 aliphatic carbocycles. The summed E-state index contributed by atoms with van der Waals surface area (Å²) in [6.07, 6.45) is 4.96. The maximum Gasteiger partial charge on any atom is 0.141 e. The zero-order valence-corrected chi connectivity index (χ0v) is 15.1. The highest BCUT2D eigenvalue weighted by Gasteiger charge is 2.42. The minimum atomic E-state index is -0.943. The summed E-state index contributed by atoms with van der Waals surface area (Å²) < 4.78 is 15.3. The molecule has 2 nitrogen and oxygen atoms in total. The van der Waals surface area contributed by atoms with E-state index in [4.69, 9.17) is 0 Å². The van der Waals surface area contributed by atoms with Crippen LogP contribution in [0.5, 0.6) is 0 Å². The molecule has 3 aliphatic heterocycles. The highest BCUT2D eigenvalue weighted by Crippen LogP contribution is 2.43. The van der Waals surface area contributed by atoms with Crippen molar-refractivity contribution in [1.29, 1.82) is 0 Å². The Morgan fingerprint density at radius 2 is 2.04 bits per heavy atom. The van der Waals surface area contributed by atoms with Crippen LogP contribution in [0.15, 0.2) is 49.2 Å². The van der Waals surface area contributed by atoms with E-state index in [-0.39, 0.29) is 30.9 Å². The Balaban J connectivity index is 0.00000104. The number of alkyl halides is 1. The maximum absolute atomic E-state index is 15.3. The number of nitrogens with zero attached hydrogens (tertiary/aromatic N) is 2. The van der Waals surface area contributed by atoms with Crippen LogP contribution in [0.4, 0.5) is 4.39 Å². The number of halogens is 3. The second-order valence-corrected chi connectivity index (χ2v) is 6.57. The van der Waals surface area contributed by atoms with E-state index >= 15 is 4.39 Å². The summed E-state index contributed by atoms with van der Waals surface area (Å²) in [6.45, 7) is 5.92. The van der Waals surface area contributed by atoms with Gasteiger partial charge in [-0.05, 0) is 48.9 Å². The Morgan fingerprint density at radius 3 is 2.75 bits per heavy atom. The first-order valence-corrected chi connectivity index (χ1v) is 8.12. The van der Waals surface area contributed by atoms with Crippen LogP contribution in [0.1, 0.15) is 24.6 Å². The number of pyridine rings is 1. The van der Waals surface area contributed by atoms with Crippen LogP contribution in [0.2, 0.25) is 0 Å². The monoisotopic (exact) mass is 368 g/mol. The van der Waals surface area contributed by atoms with E-state index in [1.165, 1.54) is 6.42 Å². The number of aromatic nitrogens is 1. The van der Waals surface area contributed by atoms with Crippen molar-refractivity contribution in [2.45, 2.75) is 25.1 Å². The van der Waals surface area contributed by atoms with E-state index in [0.717, 1.165) is 36.0 Å². The molecule has 0 N–H and O–H groups in total. The maximum atomic E-state index is 15.3. The van der Waals surface area contributed by atoms with Gasteiger partial charge in [-0.15, -0.1) is 31.4 Å². The topological polar surface area (TPSA) is 16.1 Å². The van der Waals surface area contributed by atoms with Crippen molar-refractivity contribution in [3.8, 4) is 0 Å². The lowest BCUT2D eigenvalue weighted by Crippen LogP contribution is -2.54. The van der Waals surface area contributed by atoms with Gasteiger partial charge in [-0.2, -0.15) is 0 Å². The average Bonchev–Trinajstić information content (AvgIpc) is 2.60. The van der Waals surface area contributed by atoms with Crippen molar-refractivity contribution in [3.05, 3.63) is 54.7 Å². The normalized spacial score (nSPS) is 29.4. The Bertz CT molecular complexity index is 703. The minimum Gasteiger partial charge on any atom is -0.297 e. The van der Waals surface area contributed by atoms with Gasteiger partial charge in [-0.1, -0.05) is 24.3 Å². The van der Waals surface area contributed by atoms with Crippen molar-refractivity contribution >= 4 is 35.7 Å². The molecular weight excluding hydrogens is 346 g/mol. The highest BCUT2D eigenvalue weighted by molar-refractivity contribution is 5.85. The fourth-order valence-corrected chi connectivity index (χ4v) is 4.25. The van der Waals surface area contributed by atoms with Crippen molar-refractivity contribution in [3.63, 3.8) is 0 Å². The smallest absolute Gasteiger partial charge is 0.141 e. The van der Waals surface area contributed by atoms with Crippen LogP contribution >= 0.6 is 24.8 Å². The standard InChI is InChI=1S/C19H21FN2.2ClH/c1-2-13-12-22-10-8-14(13)11-18(22)19(20)16-7-9-21-17-6-4-3-5-15(16)17;;/h2-7,9,13-14,18-19H,1,8,10-12H2;2*1H/t13-,14-,18-,19+;;/m0../s1. The molecule has 3 saturated heterocycles. The molecule has 5 atom stereocenters. The molecule has 1 unspecified atom stereocenters. The van der Waals surface area contributed by atoms with Crippen LogP contribution in [0.3, 0.4) is 0 Å². The Labute approximate surface area is 155 Å². The third-order valence-electron chi connectivity index (χ3n) is 5.47. The number of fused-ring (bicyclic) bond motifs is 4. The Morgan fingerprint density at radius 1 is 1.25 bits per heavy atom. The summed E-state index contributed by atoms with van der Waals surface area (Å²) in [6, 6.07) is 9.69. The Hall–Kier alpha value is -1.16. The van der Waals surface area contributed by atoms with Crippen molar-refractivity contribution in [1.82, 2.24) is 9.88 Å². The predicted octanol–water partition coefficient (Wildman–Crippen LogP) is 4.99. The van der Waals surface area contributed by atoms with Gasteiger partial charge in [0.05, 0.1) is 5.52 Å². The summed E-state index contributed by atoms with van der Waals surface area (Å²) >= 11 is 0. The lowest BCUT2D eigenvalue weighted by molar-refractivity contribution is -0.0183. The van der Waals surface area contributed by atoms with Gasteiger partial charge in [0.15, 0.2) is 0 Å². The molecule has 4 heterocycles. The van der Waals surface area contributed by atoms with Gasteiger partial charge in [0, 0.05) is 24.2 Å². The van der Waals surface area contributed by atoms with Gasteiger partial charge in [-0.25, -0.2) is 4.39 Å². The second kappa shape index (κ2) is 7.81. The molecule has 2 aromatic rings. The van der Waals surface area contributed by atoms with E-state index in [9.17, 15) is 0 Å². The van der Waals surface area contributed by atoms with Crippen LogP contribution < -0.4 is 0 Å². The van der Waals surface area contributed by atoms with Crippen molar-refractivity contribution in [2.24, 2.45) is 11.8 Å². The van der Waals surface area contributed by atoms with Gasteiger partial charge in [0.2, 0.25) is 0 Å². The van der Waals surface area contributed by atoms with E-state index in [1.54, 1.807) is 6.20 Å². The molecule has 0 amide bonds. The lowest BCUT2D eigenvalue weighted by atomic mass is 9.74. The van der Waals surface area contributed by atoms with Gasteiger partial charge >= 0.3 is 0 Å². The first-order chi connectivity index (χ1) is 10.8. The molecule has 3 fully saturated rings. The fourth-order valence-electron chi connectivity index (χ4n) is 4.25. The van der Waals surface area contributed by atoms with Gasteiger partial charge < -0.3 is 0 Å². The number of rotatable bonds is 3. The Kier molecular flexibility index (Phi) is 6.24. The van der Waals surface area contributed by atoms with E-state index in [0.29, 0.717) is 11.8 Å². The molecule has 24 heavy (non-hydrogen) atoms. The molecule has 1 aromatic heterocycles. The first-order valence-electron chi connectivity index (χ1n) is 8.12. The summed E-state index contributed by atoms with van der Waals surface area (Å²) in [7, 11) is 0. The van der Waals surface area contributed by atoms with Crippen LogP contribution in [0, 0.1) is 11.8 Å². The predicted molar refractivity (Wildman–Crippen MR) is 102 cm³/mol.